The smallest absolute Gasteiger partial charge is 0.223 e. The van der Waals surface area contributed by atoms with Crippen LogP contribution in [0.4, 0.5) is 5.95 Å². The number of hydrogen-bond donors (Lipinski definition) is 1. The van der Waals surface area contributed by atoms with Gasteiger partial charge in [0.1, 0.15) is 11.6 Å². The summed E-state index contributed by atoms with van der Waals surface area (Å²) in [4.78, 5) is 14.1. The van der Waals surface area contributed by atoms with Crippen LogP contribution in [-0.4, -0.2) is 15.0 Å². The van der Waals surface area contributed by atoms with E-state index >= 15 is 0 Å². The Balaban J connectivity index is 2.13. The first kappa shape index (κ1) is 14.8. The molecule has 2 aromatic rings. The van der Waals surface area contributed by atoms with Crippen molar-refractivity contribution in [2.24, 2.45) is 0 Å². The first-order valence-corrected chi connectivity index (χ1v) is 7.53. The fourth-order valence-corrected chi connectivity index (χ4v) is 2.37. The van der Waals surface area contributed by atoms with Gasteiger partial charge in [0, 0.05) is 10.3 Å². The third-order valence-electron chi connectivity index (χ3n) is 2.76. The molecular formula is C15H20N4S. The van der Waals surface area contributed by atoms with E-state index in [4.69, 9.17) is 5.73 Å². The highest BCUT2D eigenvalue weighted by atomic mass is 32.2. The lowest BCUT2D eigenvalue weighted by Gasteiger charge is -2.17. The Hall–Kier alpha value is -1.62. The Morgan fingerprint density at radius 1 is 1.05 bits per heavy atom. The van der Waals surface area contributed by atoms with Crippen LogP contribution in [0.1, 0.15) is 38.0 Å². The number of anilines is 1. The van der Waals surface area contributed by atoms with Gasteiger partial charge in [-0.2, -0.15) is 9.97 Å². The molecule has 20 heavy (non-hydrogen) atoms. The normalized spacial score (nSPS) is 11.6. The van der Waals surface area contributed by atoms with Crippen LogP contribution in [0.2, 0.25) is 0 Å². The topological polar surface area (TPSA) is 64.7 Å². The first-order chi connectivity index (χ1) is 9.34. The number of thioether (sulfide) groups is 1. The number of aromatic nitrogens is 3. The van der Waals surface area contributed by atoms with Crippen molar-refractivity contribution in [1.29, 1.82) is 0 Å². The van der Waals surface area contributed by atoms with Gasteiger partial charge in [0.05, 0.1) is 5.75 Å². The maximum Gasteiger partial charge on any atom is 0.223 e. The molecular weight excluding hydrogens is 268 g/mol. The number of nitrogens with two attached hydrogens (primary N) is 1. The maximum absolute atomic E-state index is 5.77. The van der Waals surface area contributed by atoms with Crippen molar-refractivity contribution >= 4 is 17.7 Å². The van der Waals surface area contributed by atoms with Crippen molar-refractivity contribution in [2.75, 3.05) is 5.73 Å². The molecule has 2 rings (SSSR count). The molecule has 106 valence electrons. The largest absolute Gasteiger partial charge is 0.368 e. The second kappa shape index (κ2) is 5.79. The Kier molecular flexibility index (Phi) is 4.28. The van der Waals surface area contributed by atoms with E-state index in [1.54, 1.807) is 11.8 Å². The standard InChI is InChI=1S/C15H20N4S/c1-10-5-7-11(8-6-10)20-9-12-17-13(15(2,3)4)19-14(16)18-12/h5-8H,9H2,1-4H3,(H2,16,17,18,19). The quantitative estimate of drug-likeness (QED) is 0.877. The molecule has 0 spiro atoms. The Bertz CT molecular complexity index is 588. The molecule has 0 aliphatic rings. The second-order valence-corrected chi connectivity index (χ2v) is 6.83. The van der Waals surface area contributed by atoms with E-state index in [1.807, 2.05) is 0 Å². The monoisotopic (exact) mass is 288 g/mol. The van der Waals surface area contributed by atoms with Crippen LogP contribution in [0.5, 0.6) is 0 Å². The van der Waals surface area contributed by atoms with Gasteiger partial charge in [0.2, 0.25) is 5.95 Å². The van der Waals surface area contributed by atoms with E-state index in [-0.39, 0.29) is 5.41 Å². The fraction of sp³-hybridized carbons (Fsp3) is 0.400. The van der Waals surface area contributed by atoms with Crippen molar-refractivity contribution in [3.8, 4) is 0 Å². The van der Waals surface area contributed by atoms with Crippen LogP contribution in [0, 0.1) is 6.92 Å². The van der Waals surface area contributed by atoms with Gasteiger partial charge in [-0.3, -0.25) is 0 Å². The molecule has 4 nitrogen and oxygen atoms in total. The van der Waals surface area contributed by atoms with Gasteiger partial charge in [-0.25, -0.2) is 4.98 Å². The molecule has 1 aromatic heterocycles. The van der Waals surface area contributed by atoms with Crippen LogP contribution in [-0.2, 0) is 11.2 Å². The van der Waals surface area contributed by atoms with Crippen LogP contribution >= 0.6 is 11.8 Å². The van der Waals surface area contributed by atoms with Crippen molar-refractivity contribution in [2.45, 2.75) is 43.8 Å². The van der Waals surface area contributed by atoms with E-state index in [9.17, 15) is 0 Å². The minimum Gasteiger partial charge on any atom is -0.368 e. The lowest BCUT2D eigenvalue weighted by atomic mass is 9.96. The summed E-state index contributed by atoms with van der Waals surface area (Å²) in [6, 6.07) is 8.42. The third-order valence-corrected chi connectivity index (χ3v) is 3.77. The summed E-state index contributed by atoms with van der Waals surface area (Å²) in [7, 11) is 0. The lowest BCUT2D eigenvalue weighted by Crippen LogP contribution is -2.19. The molecule has 0 amide bonds. The van der Waals surface area contributed by atoms with Gasteiger partial charge >= 0.3 is 0 Å². The summed E-state index contributed by atoms with van der Waals surface area (Å²) in [5.41, 5.74) is 6.91. The highest BCUT2D eigenvalue weighted by Gasteiger charge is 2.19. The molecule has 0 aliphatic heterocycles. The van der Waals surface area contributed by atoms with Crippen LogP contribution in [0.15, 0.2) is 29.2 Å². The van der Waals surface area contributed by atoms with Crippen LogP contribution in [0.3, 0.4) is 0 Å². The van der Waals surface area contributed by atoms with Gasteiger partial charge < -0.3 is 5.73 Å². The fourth-order valence-electron chi connectivity index (χ4n) is 1.62. The molecule has 0 saturated heterocycles. The molecule has 0 bridgehead atoms. The first-order valence-electron chi connectivity index (χ1n) is 6.55. The summed E-state index contributed by atoms with van der Waals surface area (Å²) >= 11 is 1.70. The molecule has 1 heterocycles. The zero-order valence-electron chi connectivity index (χ0n) is 12.3. The summed E-state index contributed by atoms with van der Waals surface area (Å²) in [6.07, 6.45) is 0. The summed E-state index contributed by atoms with van der Waals surface area (Å²) < 4.78 is 0. The van der Waals surface area contributed by atoms with Crippen molar-refractivity contribution < 1.29 is 0 Å². The Morgan fingerprint density at radius 3 is 2.30 bits per heavy atom. The molecule has 0 aliphatic carbocycles. The highest BCUT2D eigenvalue weighted by molar-refractivity contribution is 7.98. The summed E-state index contributed by atoms with van der Waals surface area (Å²) in [5.74, 6) is 2.46. The molecule has 2 N–H and O–H groups in total. The molecule has 0 saturated carbocycles. The summed E-state index contributed by atoms with van der Waals surface area (Å²) in [6.45, 7) is 8.28. The van der Waals surface area contributed by atoms with E-state index < -0.39 is 0 Å². The molecule has 0 unspecified atom stereocenters. The molecule has 1 aromatic carbocycles. The minimum atomic E-state index is -0.125. The second-order valence-electron chi connectivity index (χ2n) is 5.79. The van der Waals surface area contributed by atoms with Gasteiger partial charge in [-0.15, -0.1) is 11.8 Å². The van der Waals surface area contributed by atoms with Gasteiger partial charge in [0.15, 0.2) is 0 Å². The summed E-state index contributed by atoms with van der Waals surface area (Å²) in [5, 5.41) is 0. The van der Waals surface area contributed by atoms with Gasteiger partial charge in [-0.05, 0) is 19.1 Å². The van der Waals surface area contributed by atoms with Crippen LogP contribution < -0.4 is 5.73 Å². The number of hydrogen-bond acceptors (Lipinski definition) is 5. The molecule has 0 atom stereocenters. The van der Waals surface area contributed by atoms with E-state index in [0.717, 1.165) is 11.6 Å². The highest BCUT2D eigenvalue weighted by Crippen LogP contribution is 2.23. The average Bonchev–Trinajstić information content (AvgIpc) is 2.36. The number of nitrogens with zero attached hydrogens (tertiary/aromatic N) is 3. The SMILES string of the molecule is Cc1ccc(SCc2nc(N)nc(C(C)(C)C)n2)cc1. The molecule has 0 radical (unpaired) electrons. The van der Waals surface area contributed by atoms with Gasteiger partial charge in [-0.1, -0.05) is 38.5 Å². The van der Waals surface area contributed by atoms with E-state index in [0.29, 0.717) is 11.7 Å². The average molecular weight is 288 g/mol. The van der Waals surface area contributed by atoms with Crippen molar-refractivity contribution in [1.82, 2.24) is 15.0 Å². The zero-order chi connectivity index (χ0) is 14.8. The lowest BCUT2D eigenvalue weighted by molar-refractivity contribution is 0.539. The van der Waals surface area contributed by atoms with Crippen molar-refractivity contribution in [3.05, 3.63) is 41.5 Å². The number of aryl methyl sites for hydroxylation is 1. The zero-order valence-corrected chi connectivity index (χ0v) is 13.2. The number of nitrogen functional groups attached to an aromatic ring is 1. The van der Waals surface area contributed by atoms with Gasteiger partial charge in [0.25, 0.3) is 0 Å². The molecule has 5 heteroatoms. The number of rotatable bonds is 3. The predicted octanol–water partition coefficient (Wildman–Crippen LogP) is 3.35. The maximum atomic E-state index is 5.77. The molecule has 0 fully saturated rings. The third kappa shape index (κ3) is 3.93. The van der Waals surface area contributed by atoms with E-state index in [1.165, 1.54) is 10.5 Å². The van der Waals surface area contributed by atoms with Crippen LogP contribution in [0.25, 0.3) is 0 Å². The Labute approximate surface area is 124 Å². The minimum absolute atomic E-state index is 0.125. The van der Waals surface area contributed by atoms with E-state index in [2.05, 4.69) is 66.9 Å². The predicted molar refractivity (Wildman–Crippen MR) is 83.7 cm³/mol. The number of benzene rings is 1. The Morgan fingerprint density at radius 2 is 1.70 bits per heavy atom. The van der Waals surface area contributed by atoms with Crippen molar-refractivity contribution in [3.63, 3.8) is 0 Å².